The van der Waals surface area contributed by atoms with Gasteiger partial charge in [-0.25, -0.2) is 13.8 Å². The Hall–Kier alpha value is -2.74. The van der Waals surface area contributed by atoms with Gasteiger partial charge in [0.15, 0.2) is 5.17 Å². The molecule has 0 spiro atoms. The Kier molecular flexibility index (Phi) is 5.85. The fraction of sp³-hybridized carbons (Fsp3) is 0.211. The van der Waals surface area contributed by atoms with E-state index in [1.54, 1.807) is 0 Å². The van der Waals surface area contributed by atoms with Crippen molar-refractivity contribution in [2.45, 2.75) is 18.6 Å². The van der Waals surface area contributed by atoms with Gasteiger partial charge in [0.05, 0.1) is 5.69 Å². The number of nitrogens with zero attached hydrogens (tertiary/aromatic N) is 2. The predicted molar refractivity (Wildman–Crippen MR) is 102 cm³/mol. The van der Waals surface area contributed by atoms with Crippen LogP contribution in [0.2, 0.25) is 0 Å². The van der Waals surface area contributed by atoms with E-state index in [0.29, 0.717) is 23.1 Å². The van der Waals surface area contributed by atoms with Crippen molar-refractivity contribution in [2.24, 2.45) is 4.99 Å². The lowest BCUT2D eigenvalue weighted by atomic mass is 10.2. The largest absolute Gasteiger partial charge is 0.326 e. The van der Waals surface area contributed by atoms with Crippen LogP contribution in [0.3, 0.4) is 0 Å². The van der Waals surface area contributed by atoms with E-state index in [2.05, 4.69) is 10.3 Å². The van der Waals surface area contributed by atoms with Crippen LogP contribution in [0.5, 0.6) is 0 Å². The number of carbonyl (C=O) groups excluding carboxylic acids is 2. The summed E-state index contributed by atoms with van der Waals surface area (Å²) in [5.41, 5.74) is 0.992. The average molecular weight is 389 g/mol. The molecular weight excluding hydrogens is 372 g/mol. The molecule has 1 aliphatic rings. The van der Waals surface area contributed by atoms with E-state index in [1.807, 2.05) is 6.92 Å². The molecule has 1 fully saturated rings. The first-order chi connectivity index (χ1) is 13.0. The highest BCUT2D eigenvalue weighted by atomic mass is 32.2. The summed E-state index contributed by atoms with van der Waals surface area (Å²) in [7, 11) is 0. The minimum absolute atomic E-state index is 0.0280. The topological polar surface area (TPSA) is 61.8 Å². The molecule has 8 heteroatoms. The SMILES string of the molecule is CCN1C(=O)[C@@H](CC(=O)Nc2ccc(F)cc2)SC1=Nc1ccc(F)cc1. The van der Waals surface area contributed by atoms with E-state index >= 15 is 0 Å². The molecule has 0 aliphatic carbocycles. The number of benzene rings is 2. The average Bonchev–Trinajstić information content (AvgIpc) is 2.93. The van der Waals surface area contributed by atoms with Gasteiger partial charge >= 0.3 is 0 Å². The van der Waals surface area contributed by atoms with Crippen molar-refractivity contribution in [1.29, 1.82) is 0 Å². The standard InChI is InChI=1S/C19H17F2N3O2S/c1-2-24-18(26)16(11-17(25)22-14-7-3-12(20)4-8-14)27-19(24)23-15-9-5-13(21)6-10-15/h3-10,16H,2,11H2,1H3,(H,22,25)/t16-/m1/s1. The van der Waals surface area contributed by atoms with Gasteiger partial charge in [-0.3, -0.25) is 14.5 Å². The monoisotopic (exact) mass is 389 g/mol. The molecule has 0 unspecified atom stereocenters. The zero-order valence-corrected chi connectivity index (χ0v) is 15.3. The Labute approximate surface area is 159 Å². The number of hydrogen-bond donors (Lipinski definition) is 1. The first-order valence-electron chi connectivity index (χ1n) is 8.34. The molecular formula is C19H17F2N3O2S. The van der Waals surface area contributed by atoms with Gasteiger partial charge in [-0.05, 0) is 55.5 Å². The second-order valence-electron chi connectivity index (χ2n) is 5.82. The number of aliphatic imine (C=N–C) groups is 1. The highest BCUT2D eigenvalue weighted by Gasteiger charge is 2.38. The van der Waals surface area contributed by atoms with Crippen molar-refractivity contribution >= 4 is 40.1 Å². The summed E-state index contributed by atoms with van der Waals surface area (Å²) in [6, 6.07) is 11.0. The Morgan fingerprint density at radius 3 is 2.30 bits per heavy atom. The Balaban J connectivity index is 1.69. The minimum Gasteiger partial charge on any atom is -0.326 e. The highest BCUT2D eigenvalue weighted by Crippen LogP contribution is 2.31. The highest BCUT2D eigenvalue weighted by molar-refractivity contribution is 8.15. The molecule has 1 atom stereocenters. The van der Waals surface area contributed by atoms with Crippen molar-refractivity contribution in [2.75, 3.05) is 11.9 Å². The summed E-state index contributed by atoms with van der Waals surface area (Å²) >= 11 is 1.20. The third kappa shape index (κ3) is 4.71. The number of hydrogen-bond acceptors (Lipinski definition) is 4. The van der Waals surface area contributed by atoms with E-state index in [4.69, 9.17) is 0 Å². The summed E-state index contributed by atoms with van der Waals surface area (Å²) in [5.74, 6) is -1.30. The van der Waals surface area contributed by atoms with Crippen LogP contribution in [0.25, 0.3) is 0 Å². The molecule has 2 aromatic carbocycles. The number of amides is 2. The maximum Gasteiger partial charge on any atom is 0.242 e. The number of carbonyl (C=O) groups is 2. The number of thioether (sulfide) groups is 1. The fourth-order valence-electron chi connectivity index (χ4n) is 2.56. The minimum atomic E-state index is -0.593. The van der Waals surface area contributed by atoms with Crippen molar-refractivity contribution < 1.29 is 18.4 Å². The summed E-state index contributed by atoms with van der Waals surface area (Å²) in [4.78, 5) is 30.7. The van der Waals surface area contributed by atoms with Crippen LogP contribution in [0.1, 0.15) is 13.3 Å². The van der Waals surface area contributed by atoms with Crippen LogP contribution >= 0.6 is 11.8 Å². The van der Waals surface area contributed by atoms with Crippen LogP contribution in [-0.4, -0.2) is 33.7 Å². The van der Waals surface area contributed by atoms with E-state index in [9.17, 15) is 18.4 Å². The molecule has 2 aromatic rings. The third-order valence-corrected chi connectivity index (χ3v) is 5.06. The van der Waals surface area contributed by atoms with Crippen molar-refractivity contribution in [3.63, 3.8) is 0 Å². The van der Waals surface area contributed by atoms with Crippen LogP contribution in [-0.2, 0) is 9.59 Å². The molecule has 140 valence electrons. The first kappa shape index (κ1) is 19.0. The zero-order chi connectivity index (χ0) is 19.4. The van der Waals surface area contributed by atoms with E-state index in [1.165, 1.54) is 65.2 Å². The molecule has 27 heavy (non-hydrogen) atoms. The molecule has 3 rings (SSSR count). The van der Waals surface area contributed by atoms with Gasteiger partial charge in [-0.15, -0.1) is 0 Å². The second kappa shape index (κ2) is 8.30. The van der Waals surface area contributed by atoms with E-state index in [0.717, 1.165) is 0 Å². The molecule has 0 bridgehead atoms. The fourth-order valence-corrected chi connectivity index (χ4v) is 3.78. The number of rotatable bonds is 5. The zero-order valence-electron chi connectivity index (χ0n) is 14.5. The maximum absolute atomic E-state index is 13.0. The van der Waals surface area contributed by atoms with Gasteiger partial charge in [0.2, 0.25) is 11.8 Å². The van der Waals surface area contributed by atoms with Gasteiger partial charge in [0, 0.05) is 18.7 Å². The van der Waals surface area contributed by atoms with E-state index in [-0.39, 0.29) is 24.1 Å². The summed E-state index contributed by atoms with van der Waals surface area (Å²) in [6.45, 7) is 2.24. The van der Waals surface area contributed by atoms with Crippen LogP contribution in [0.4, 0.5) is 20.2 Å². The first-order valence-corrected chi connectivity index (χ1v) is 9.22. The molecule has 0 radical (unpaired) electrons. The predicted octanol–water partition coefficient (Wildman–Crippen LogP) is 3.95. The number of amidine groups is 1. The summed E-state index contributed by atoms with van der Waals surface area (Å²) in [5, 5.41) is 2.54. The van der Waals surface area contributed by atoms with Crippen LogP contribution in [0.15, 0.2) is 53.5 Å². The lowest BCUT2D eigenvalue weighted by molar-refractivity contribution is -0.128. The van der Waals surface area contributed by atoms with Crippen LogP contribution < -0.4 is 5.32 Å². The molecule has 5 nitrogen and oxygen atoms in total. The molecule has 2 amide bonds. The summed E-state index contributed by atoms with van der Waals surface area (Å²) < 4.78 is 26.0. The molecule has 0 saturated carbocycles. The van der Waals surface area contributed by atoms with Gasteiger partial charge in [-0.1, -0.05) is 11.8 Å². The van der Waals surface area contributed by atoms with Crippen molar-refractivity contribution in [3.05, 3.63) is 60.2 Å². The second-order valence-corrected chi connectivity index (χ2v) is 6.99. The molecule has 1 heterocycles. The van der Waals surface area contributed by atoms with E-state index < -0.39 is 11.1 Å². The van der Waals surface area contributed by atoms with Crippen molar-refractivity contribution in [1.82, 2.24) is 4.90 Å². The third-order valence-electron chi connectivity index (χ3n) is 3.89. The van der Waals surface area contributed by atoms with Gasteiger partial charge in [0.25, 0.3) is 0 Å². The lowest BCUT2D eigenvalue weighted by Gasteiger charge is -2.13. The number of nitrogens with one attached hydrogen (secondary N) is 1. The molecule has 1 N–H and O–H groups in total. The van der Waals surface area contributed by atoms with Gasteiger partial charge in [-0.2, -0.15) is 0 Å². The lowest BCUT2D eigenvalue weighted by Crippen LogP contribution is -2.33. The van der Waals surface area contributed by atoms with Gasteiger partial charge in [0.1, 0.15) is 16.9 Å². The molecule has 1 aliphatic heterocycles. The smallest absolute Gasteiger partial charge is 0.242 e. The Bertz CT molecular complexity index is 870. The van der Waals surface area contributed by atoms with Crippen molar-refractivity contribution in [3.8, 4) is 0 Å². The maximum atomic E-state index is 13.0. The summed E-state index contributed by atoms with van der Waals surface area (Å²) in [6.07, 6.45) is -0.0280. The number of anilines is 1. The Morgan fingerprint density at radius 1 is 1.11 bits per heavy atom. The van der Waals surface area contributed by atoms with Gasteiger partial charge < -0.3 is 5.32 Å². The Morgan fingerprint density at radius 2 is 1.70 bits per heavy atom. The molecule has 1 saturated heterocycles. The van der Waals surface area contributed by atoms with Crippen LogP contribution in [0, 0.1) is 11.6 Å². The molecule has 0 aromatic heterocycles. The quantitative estimate of drug-likeness (QED) is 0.842. The normalized spacial score (nSPS) is 18.2. The number of halogens is 2.